The number of halogens is 2. The van der Waals surface area contributed by atoms with Crippen molar-refractivity contribution in [2.24, 2.45) is 5.10 Å². The number of ether oxygens (including phenoxy) is 1. The molecule has 3 rings (SSSR count). The lowest BCUT2D eigenvalue weighted by Crippen LogP contribution is -2.32. The van der Waals surface area contributed by atoms with Crippen LogP contribution in [0.1, 0.15) is 11.1 Å². The Bertz CT molecular complexity index is 1070. The molecule has 2 N–H and O–H groups in total. The lowest BCUT2D eigenvalue weighted by molar-refractivity contribution is -0.136. The van der Waals surface area contributed by atoms with Crippen LogP contribution in [-0.4, -0.2) is 18.0 Å². The maximum Gasteiger partial charge on any atom is 0.329 e. The van der Waals surface area contributed by atoms with E-state index < -0.39 is 17.6 Å². The molecule has 6 nitrogen and oxygen atoms in total. The molecule has 3 aromatic carbocycles. The van der Waals surface area contributed by atoms with Crippen LogP contribution in [0.2, 0.25) is 0 Å². The van der Waals surface area contributed by atoms with Crippen LogP contribution in [0.3, 0.4) is 0 Å². The lowest BCUT2D eigenvalue weighted by atomic mass is 10.2. The van der Waals surface area contributed by atoms with Crippen molar-refractivity contribution in [3.63, 3.8) is 0 Å². The minimum atomic E-state index is -0.992. The lowest BCUT2D eigenvalue weighted by Gasteiger charge is -2.09. The number of para-hydroxylation sites is 1. The Labute approximate surface area is 171 Å². The fourth-order valence-electron chi connectivity index (χ4n) is 2.44. The van der Waals surface area contributed by atoms with Crippen molar-refractivity contribution in [1.82, 2.24) is 5.43 Å². The van der Waals surface area contributed by atoms with E-state index >= 15 is 0 Å². The summed E-state index contributed by atoms with van der Waals surface area (Å²) in [5.74, 6) is -2.29. The number of hydrogen-bond acceptors (Lipinski definition) is 4. The fraction of sp³-hybridized carbons (Fsp3) is 0.0455. The van der Waals surface area contributed by atoms with Gasteiger partial charge < -0.3 is 10.1 Å². The molecule has 0 unspecified atom stereocenters. The molecule has 0 aliphatic heterocycles. The van der Waals surface area contributed by atoms with E-state index in [9.17, 15) is 18.4 Å². The Kier molecular flexibility index (Phi) is 6.83. The number of carbonyl (C=O) groups is 2. The number of rotatable bonds is 6. The van der Waals surface area contributed by atoms with Gasteiger partial charge >= 0.3 is 11.8 Å². The van der Waals surface area contributed by atoms with Crippen molar-refractivity contribution >= 4 is 23.7 Å². The van der Waals surface area contributed by atoms with Gasteiger partial charge in [0.1, 0.15) is 24.0 Å². The number of nitrogens with one attached hydrogen (secondary N) is 2. The fourth-order valence-corrected chi connectivity index (χ4v) is 2.44. The third kappa shape index (κ3) is 5.96. The largest absolute Gasteiger partial charge is 0.488 e. The predicted octanol–water partition coefficient (Wildman–Crippen LogP) is 3.63. The summed E-state index contributed by atoms with van der Waals surface area (Å²) in [6, 6.07) is 17.9. The molecule has 0 spiro atoms. The van der Waals surface area contributed by atoms with E-state index in [4.69, 9.17) is 4.74 Å². The van der Waals surface area contributed by atoms with Crippen molar-refractivity contribution in [2.75, 3.05) is 5.32 Å². The summed E-state index contributed by atoms with van der Waals surface area (Å²) < 4.78 is 31.8. The molecule has 0 fully saturated rings. The molecule has 0 radical (unpaired) electrons. The monoisotopic (exact) mass is 409 g/mol. The van der Waals surface area contributed by atoms with Gasteiger partial charge in [0.25, 0.3) is 0 Å². The molecule has 0 heterocycles. The smallest absolute Gasteiger partial charge is 0.329 e. The van der Waals surface area contributed by atoms with Gasteiger partial charge in [-0.3, -0.25) is 9.59 Å². The van der Waals surface area contributed by atoms with Gasteiger partial charge in [-0.1, -0.05) is 24.3 Å². The second kappa shape index (κ2) is 9.92. The molecule has 3 aromatic rings. The van der Waals surface area contributed by atoms with E-state index in [1.54, 1.807) is 36.4 Å². The Hall–Kier alpha value is -4.07. The third-order valence-electron chi connectivity index (χ3n) is 3.88. The highest BCUT2D eigenvalue weighted by atomic mass is 19.1. The number of hydrogen-bond donors (Lipinski definition) is 2. The van der Waals surface area contributed by atoms with Gasteiger partial charge in [0.05, 0.1) is 6.21 Å². The third-order valence-corrected chi connectivity index (χ3v) is 3.88. The van der Waals surface area contributed by atoms with E-state index in [1.807, 2.05) is 0 Å². The molecule has 0 saturated heterocycles. The van der Waals surface area contributed by atoms with E-state index in [0.717, 1.165) is 12.1 Å². The number of anilines is 1. The summed E-state index contributed by atoms with van der Waals surface area (Å²) in [6.07, 6.45) is 1.32. The maximum absolute atomic E-state index is 13.3. The molecule has 0 aliphatic rings. The molecule has 0 aliphatic carbocycles. The van der Waals surface area contributed by atoms with Crippen LogP contribution >= 0.6 is 0 Å². The highest BCUT2D eigenvalue weighted by Crippen LogP contribution is 2.18. The van der Waals surface area contributed by atoms with Crippen LogP contribution < -0.4 is 15.5 Å². The highest BCUT2D eigenvalue weighted by Gasteiger charge is 2.13. The number of benzene rings is 3. The first kappa shape index (κ1) is 20.7. The van der Waals surface area contributed by atoms with E-state index in [2.05, 4.69) is 15.8 Å². The Morgan fingerprint density at radius 3 is 2.43 bits per heavy atom. The quantitative estimate of drug-likeness (QED) is 0.371. The zero-order valence-electron chi connectivity index (χ0n) is 15.6. The van der Waals surface area contributed by atoms with Gasteiger partial charge in [-0.15, -0.1) is 0 Å². The van der Waals surface area contributed by atoms with Gasteiger partial charge in [0.2, 0.25) is 0 Å². The molecular formula is C22H17F2N3O3. The molecule has 2 amide bonds. The predicted molar refractivity (Wildman–Crippen MR) is 108 cm³/mol. The van der Waals surface area contributed by atoms with Gasteiger partial charge in [0, 0.05) is 11.3 Å². The summed E-state index contributed by atoms with van der Waals surface area (Å²) in [6.45, 7) is 0.148. The molecule has 152 valence electrons. The molecule has 8 heteroatoms. The molecule has 0 aromatic heterocycles. The second-order valence-corrected chi connectivity index (χ2v) is 6.12. The first-order valence-corrected chi connectivity index (χ1v) is 8.87. The first-order valence-electron chi connectivity index (χ1n) is 8.87. The van der Waals surface area contributed by atoms with Gasteiger partial charge in [-0.2, -0.15) is 5.10 Å². The van der Waals surface area contributed by atoms with E-state index in [0.29, 0.717) is 16.9 Å². The summed E-state index contributed by atoms with van der Waals surface area (Å²) >= 11 is 0. The van der Waals surface area contributed by atoms with Crippen molar-refractivity contribution in [1.29, 1.82) is 0 Å². The summed E-state index contributed by atoms with van der Waals surface area (Å²) in [5, 5.41) is 6.09. The van der Waals surface area contributed by atoms with Gasteiger partial charge in [0.15, 0.2) is 0 Å². The zero-order valence-corrected chi connectivity index (χ0v) is 15.6. The van der Waals surface area contributed by atoms with Crippen LogP contribution in [0.25, 0.3) is 0 Å². The summed E-state index contributed by atoms with van der Waals surface area (Å²) in [5.41, 5.74) is 3.59. The van der Waals surface area contributed by atoms with Crippen LogP contribution in [0.15, 0.2) is 77.9 Å². The Morgan fingerprint density at radius 1 is 0.900 bits per heavy atom. The minimum Gasteiger partial charge on any atom is -0.488 e. The maximum atomic E-state index is 13.3. The number of amides is 2. The zero-order chi connectivity index (χ0) is 21.3. The highest BCUT2D eigenvalue weighted by molar-refractivity contribution is 6.39. The SMILES string of the molecule is O=C(N/N=C\c1ccccc1OCc1cccc(F)c1)C(=O)Nc1ccc(F)cc1. The number of carbonyl (C=O) groups excluding carboxylic acids is 2. The molecular weight excluding hydrogens is 392 g/mol. The van der Waals surface area contributed by atoms with Crippen LogP contribution in [-0.2, 0) is 16.2 Å². The Morgan fingerprint density at radius 2 is 1.67 bits per heavy atom. The molecule has 30 heavy (non-hydrogen) atoms. The Balaban J connectivity index is 1.57. The van der Waals surface area contributed by atoms with Gasteiger partial charge in [-0.25, -0.2) is 14.2 Å². The molecule has 0 atom stereocenters. The van der Waals surface area contributed by atoms with Crippen LogP contribution in [0.5, 0.6) is 5.75 Å². The second-order valence-electron chi connectivity index (χ2n) is 6.12. The summed E-state index contributed by atoms with van der Waals surface area (Å²) in [4.78, 5) is 23.7. The van der Waals surface area contributed by atoms with Crippen molar-refractivity contribution in [3.05, 3.63) is 95.6 Å². The minimum absolute atomic E-state index is 0.148. The van der Waals surface area contributed by atoms with E-state index in [-0.39, 0.29) is 18.1 Å². The normalized spacial score (nSPS) is 10.6. The van der Waals surface area contributed by atoms with Crippen molar-refractivity contribution < 1.29 is 23.1 Å². The van der Waals surface area contributed by atoms with Crippen LogP contribution in [0.4, 0.5) is 14.5 Å². The standard InChI is InChI=1S/C22H17F2N3O3/c23-17-8-10-19(11-9-17)26-21(28)22(29)27-25-13-16-5-1-2-7-20(16)30-14-15-4-3-6-18(24)12-15/h1-13H,14H2,(H,26,28)(H,27,29)/b25-13-. The topological polar surface area (TPSA) is 79.8 Å². The van der Waals surface area contributed by atoms with Crippen LogP contribution in [0, 0.1) is 11.6 Å². The first-order chi connectivity index (χ1) is 14.5. The average molecular weight is 409 g/mol. The summed E-state index contributed by atoms with van der Waals surface area (Å²) in [7, 11) is 0. The van der Waals surface area contributed by atoms with Crippen molar-refractivity contribution in [2.45, 2.75) is 6.61 Å². The number of hydrazone groups is 1. The molecule has 0 bridgehead atoms. The van der Waals surface area contributed by atoms with Crippen molar-refractivity contribution in [3.8, 4) is 5.75 Å². The van der Waals surface area contributed by atoms with Gasteiger partial charge in [-0.05, 0) is 54.1 Å². The molecule has 0 saturated carbocycles. The average Bonchev–Trinajstić information content (AvgIpc) is 2.74. The van der Waals surface area contributed by atoms with E-state index in [1.165, 1.54) is 30.5 Å². The number of nitrogens with zero attached hydrogens (tertiary/aromatic N) is 1.